The summed E-state index contributed by atoms with van der Waals surface area (Å²) in [5.41, 5.74) is -0.0825. The molecule has 0 aliphatic heterocycles. The molecule has 1 unspecified atom stereocenters. The minimum atomic E-state index is -1.19. The summed E-state index contributed by atoms with van der Waals surface area (Å²) < 4.78 is 18.1. The Bertz CT molecular complexity index is 853. The van der Waals surface area contributed by atoms with E-state index in [9.17, 15) is 24.1 Å². The fourth-order valence-electron chi connectivity index (χ4n) is 2.29. The van der Waals surface area contributed by atoms with Gasteiger partial charge in [0.1, 0.15) is 5.82 Å². The van der Waals surface area contributed by atoms with Crippen LogP contribution in [0.15, 0.2) is 42.5 Å². The van der Waals surface area contributed by atoms with E-state index in [1.807, 2.05) is 0 Å². The summed E-state index contributed by atoms with van der Waals surface area (Å²) in [4.78, 5) is 35.0. The van der Waals surface area contributed by atoms with Crippen LogP contribution < -0.4 is 5.32 Å². The number of non-ortho nitro benzene ring substituents is 1. The lowest BCUT2D eigenvalue weighted by Gasteiger charge is -2.15. The van der Waals surface area contributed by atoms with Crippen molar-refractivity contribution in [3.8, 4) is 0 Å². The SMILES string of the molecule is CC(OC(=O)c1cc([N+](=O)[O-])ccc1NCCO)C(=O)c1ccc(F)cc1. The Kier molecular flexibility index (Phi) is 6.56. The van der Waals surface area contributed by atoms with E-state index in [-0.39, 0.29) is 35.7 Å². The van der Waals surface area contributed by atoms with Crippen molar-refractivity contribution in [1.29, 1.82) is 0 Å². The molecule has 2 aromatic rings. The van der Waals surface area contributed by atoms with Crippen molar-refractivity contribution in [2.75, 3.05) is 18.5 Å². The molecule has 27 heavy (non-hydrogen) atoms. The molecule has 0 spiro atoms. The molecule has 0 aliphatic rings. The summed E-state index contributed by atoms with van der Waals surface area (Å²) in [7, 11) is 0. The average Bonchev–Trinajstić information content (AvgIpc) is 2.66. The third-order valence-corrected chi connectivity index (χ3v) is 3.64. The normalized spacial score (nSPS) is 11.5. The number of benzene rings is 2. The van der Waals surface area contributed by atoms with Gasteiger partial charge in [-0.25, -0.2) is 9.18 Å². The van der Waals surface area contributed by atoms with Crippen LogP contribution in [0.4, 0.5) is 15.8 Å². The van der Waals surface area contributed by atoms with E-state index in [1.54, 1.807) is 0 Å². The van der Waals surface area contributed by atoms with Gasteiger partial charge in [0.05, 0.1) is 17.1 Å². The van der Waals surface area contributed by atoms with Crippen LogP contribution in [-0.2, 0) is 4.74 Å². The summed E-state index contributed by atoms with van der Waals surface area (Å²) in [6, 6.07) is 8.29. The molecule has 1 atom stereocenters. The molecule has 8 nitrogen and oxygen atoms in total. The Morgan fingerprint density at radius 3 is 2.52 bits per heavy atom. The number of halogens is 1. The molecule has 2 rings (SSSR count). The predicted molar refractivity (Wildman–Crippen MR) is 94.3 cm³/mol. The van der Waals surface area contributed by atoms with Crippen molar-refractivity contribution in [1.82, 2.24) is 0 Å². The van der Waals surface area contributed by atoms with Gasteiger partial charge in [0.25, 0.3) is 5.69 Å². The second-order valence-electron chi connectivity index (χ2n) is 5.56. The van der Waals surface area contributed by atoms with Gasteiger partial charge in [-0.3, -0.25) is 14.9 Å². The molecule has 0 saturated heterocycles. The first-order chi connectivity index (χ1) is 12.8. The van der Waals surface area contributed by atoms with Crippen LogP contribution in [0.25, 0.3) is 0 Å². The molecular weight excluding hydrogens is 359 g/mol. The summed E-state index contributed by atoms with van der Waals surface area (Å²) in [5.74, 6) is -1.99. The highest BCUT2D eigenvalue weighted by Crippen LogP contribution is 2.24. The third kappa shape index (κ3) is 5.08. The maximum Gasteiger partial charge on any atom is 0.341 e. The molecule has 9 heteroatoms. The molecule has 0 amide bonds. The van der Waals surface area contributed by atoms with E-state index in [0.29, 0.717) is 0 Å². The number of carbonyl (C=O) groups excluding carboxylic acids is 2. The molecule has 0 aromatic heterocycles. The van der Waals surface area contributed by atoms with Gasteiger partial charge in [-0.1, -0.05) is 0 Å². The number of carbonyl (C=O) groups is 2. The number of ether oxygens (including phenoxy) is 1. The largest absolute Gasteiger partial charge is 0.451 e. The summed E-state index contributed by atoms with van der Waals surface area (Å²) in [6.07, 6.45) is -1.19. The molecule has 2 N–H and O–H groups in total. The number of rotatable bonds is 8. The van der Waals surface area contributed by atoms with Gasteiger partial charge in [-0.15, -0.1) is 0 Å². The van der Waals surface area contributed by atoms with E-state index < -0.39 is 28.6 Å². The highest BCUT2D eigenvalue weighted by molar-refractivity contribution is 6.02. The standard InChI is InChI=1S/C18H17FN2O6/c1-11(17(23)12-2-4-13(19)5-3-12)27-18(24)15-10-14(21(25)26)6-7-16(15)20-8-9-22/h2-7,10-11,20,22H,8-9H2,1H3. The van der Waals surface area contributed by atoms with Gasteiger partial charge in [0.15, 0.2) is 6.10 Å². The van der Waals surface area contributed by atoms with Crippen LogP contribution in [0.1, 0.15) is 27.6 Å². The number of esters is 1. The molecular formula is C18H17FN2O6. The average molecular weight is 376 g/mol. The zero-order valence-corrected chi connectivity index (χ0v) is 14.3. The van der Waals surface area contributed by atoms with Crippen LogP contribution in [0, 0.1) is 15.9 Å². The molecule has 142 valence electrons. The number of hydrogen-bond donors (Lipinski definition) is 2. The molecule has 0 radical (unpaired) electrons. The second-order valence-corrected chi connectivity index (χ2v) is 5.56. The summed E-state index contributed by atoms with van der Waals surface area (Å²) in [5, 5.41) is 22.6. The van der Waals surface area contributed by atoms with Gasteiger partial charge in [0, 0.05) is 29.9 Å². The lowest BCUT2D eigenvalue weighted by molar-refractivity contribution is -0.384. The molecule has 2 aromatic carbocycles. The molecule has 0 saturated carbocycles. The van der Waals surface area contributed by atoms with Crippen molar-refractivity contribution in [3.63, 3.8) is 0 Å². The Labute approximate surface area is 153 Å². The minimum absolute atomic E-state index is 0.113. The highest BCUT2D eigenvalue weighted by Gasteiger charge is 2.24. The minimum Gasteiger partial charge on any atom is -0.451 e. The van der Waals surface area contributed by atoms with Crippen LogP contribution in [0.5, 0.6) is 0 Å². The van der Waals surface area contributed by atoms with E-state index in [1.165, 1.54) is 31.2 Å². The number of anilines is 1. The molecule has 0 aliphatic carbocycles. The number of hydrogen-bond acceptors (Lipinski definition) is 7. The van der Waals surface area contributed by atoms with Crippen LogP contribution in [0.3, 0.4) is 0 Å². The third-order valence-electron chi connectivity index (χ3n) is 3.64. The van der Waals surface area contributed by atoms with E-state index in [0.717, 1.165) is 18.2 Å². The number of nitro benzene ring substituents is 1. The van der Waals surface area contributed by atoms with Crippen LogP contribution in [0.2, 0.25) is 0 Å². The maximum atomic E-state index is 13.0. The van der Waals surface area contributed by atoms with Gasteiger partial charge in [-0.2, -0.15) is 0 Å². The van der Waals surface area contributed by atoms with Gasteiger partial charge < -0.3 is 15.2 Å². The van der Waals surface area contributed by atoms with E-state index in [2.05, 4.69) is 5.32 Å². The Hall–Kier alpha value is -3.33. The van der Waals surface area contributed by atoms with Crippen molar-refractivity contribution in [2.24, 2.45) is 0 Å². The van der Waals surface area contributed by atoms with Crippen LogP contribution in [-0.4, -0.2) is 41.0 Å². The highest BCUT2D eigenvalue weighted by atomic mass is 19.1. The number of ketones is 1. The first kappa shape index (κ1) is 20.0. The lowest BCUT2D eigenvalue weighted by Crippen LogP contribution is -2.25. The first-order valence-electron chi connectivity index (χ1n) is 7.97. The van der Waals surface area contributed by atoms with E-state index >= 15 is 0 Å². The van der Waals surface area contributed by atoms with Gasteiger partial charge in [0.2, 0.25) is 5.78 Å². The number of Topliss-reactive ketones (excluding diaryl/α,β-unsaturated/α-hetero) is 1. The number of nitrogens with one attached hydrogen (secondary N) is 1. The monoisotopic (exact) mass is 376 g/mol. The predicted octanol–water partition coefficient (Wildman–Crippen LogP) is 2.57. The van der Waals surface area contributed by atoms with E-state index in [4.69, 9.17) is 9.84 Å². The fraction of sp³-hybridized carbons (Fsp3) is 0.222. The quantitative estimate of drug-likeness (QED) is 0.314. The van der Waals surface area contributed by atoms with Gasteiger partial charge >= 0.3 is 5.97 Å². The Morgan fingerprint density at radius 1 is 1.26 bits per heavy atom. The zero-order chi connectivity index (χ0) is 20.0. The Balaban J connectivity index is 2.22. The summed E-state index contributed by atoms with van der Waals surface area (Å²) in [6.45, 7) is 1.24. The van der Waals surface area contributed by atoms with Crippen molar-refractivity contribution < 1.29 is 28.7 Å². The second kappa shape index (κ2) is 8.86. The maximum absolute atomic E-state index is 13.0. The molecule has 0 heterocycles. The lowest BCUT2D eigenvalue weighted by atomic mass is 10.1. The number of nitrogens with zero attached hydrogens (tertiary/aromatic N) is 1. The van der Waals surface area contributed by atoms with Crippen molar-refractivity contribution in [3.05, 3.63) is 69.5 Å². The van der Waals surface area contributed by atoms with Crippen molar-refractivity contribution >= 4 is 23.1 Å². The zero-order valence-electron chi connectivity index (χ0n) is 14.3. The first-order valence-corrected chi connectivity index (χ1v) is 7.97. The topological polar surface area (TPSA) is 119 Å². The van der Waals surface area contributed by atoms with Crippen molar-refractivity contribution in [2.45, 2.75) is 13.0 Å². The van der Waals surface area contributed by atoms with Gasteiger partial charge in [-0.05, 0) is 37.3 Å². The number of aliphatic hydroxyl groups is 1. The molecule has 0 fully saturated rings. The fourth-order valence-corrected chi connectivity index (χ4v) is 2.29. The number of nitro groups is 1. The number of aliphatic hydroxyl groups excluding tert-OH is 1. The smallest absolute Gasteiger partial charge is 0.341 e. The van der Waals surface area contributed by atoms with Crippen LogP contribution >= 0.6 is 0 Å². The molecule has 0 bridgehead atoms. The Morgan fingerprint density at radius 2 is 1.93 bits per heavy atom. The summed E-state index contributed by atoms with van der Waals surface area (Å²) >= 11 is 0.